The predicted molar refractivity (Wildman–Crippen MR) is 19.5 cm³/mol. The first-order valence-corrected chi connectivity index (χ1v) is 2.10. The van der Waals surface area contributed by atoms with Crippen LogP contribution >= 0.6 is 15.9 Å². The maximum Gasteiger partial charge on any atom is 0.000281 e. The van der Waals surface area contributed by atoms with Crippen LogP contribution in [0.5, 0.6) is 0 Å². The van der Waals surface area contributed by atoms with Crippen molar-refractivity contribution in [1.82, 2.24) is 0 Å². The fourth-order valence-corrected chi connectivity index (χ4v) is 0. The Hall–Kier alpha value is 0.999. The van der Waals surface area contributed by atoms with Crippen LogP contribution in [-0.4, -0.2) is 5.33 Å². The van der Waals surface area contributed by atoms with Gasteiger partial charge in [-0.1, -0.05) is 22.9 Å². The zero-order valence-electron chi connectivity index (χ0n) is 2.46. The molecule has 27 valence electrons. The molecule has 0 atom stereocenters. The molecule has 4 heavy (non-hydrogen) atoms. The van der Waals surface area contributed by atoms with Gasteiger partial charge in [-0.05, 0) is 0 Å². The Labute approximate surface area is 45.6 Å². The molecular weight excluding hydrogens is 159 g/mol. The van der Waals surface area contributed by atoms with E-state index in [1.165, 1.54) is 0 Å². The van der Waals surface area contributed by atoms with Crippen LogP contribution in [0.1, 0.15) is 6.92 Å². The van der Waals surface area contributed by atoms with Crippen LogP contribution in [0, 0.1) is 0 Å². The maximum absolute atomic E-state index is 3.15. The summed E-state index contributed by atoms with van der Waals surface area (Å²) < 4.78 is 0. The van der Waals surface area contributed by atoms with Crippen LogP contribution in [-0.2, 0) is 17.1 Å². The van der Waals surface area contributed by atoms with Gasteiger partial charge in [-0.3, -0.25) is 0 Å². The van der Waals surface area contributed by atoms with Crippen molar-refractivity contribution in [3.8, 4) is 0 Å². The van der Waals surface area contributed by atoms with Gasteiger partial charge in [0.1, 0.15) is 0 Å². The molecule has 0 aliphatic heterocycles. The molecule has 0 amide bonds. The number of hydrogen-bond acceptors (Lipinski definition) is 0. The van der Waals surface area contributed by atoms with Crippen molar-refractivity contribution in [2.45, 2.75) is 6.92 Å². The molecular formula is C2H5BrMn. The van der Waals surface area contributed by atoms with E-state index in [1.54, 1.807) is 0 Å². The molecule has 0 aliphatic rings. The Morgan fingerprint density at radius 1 is 1.75 bits per heavy atom. The maximum atomic E-state index is 3.15. The molecule has 0 saturated heterocycles. The second kappa shape index (κ2) is 9.00. The van der Waals surface area contributed by atoms with Crippen molar-refractivity contribution in [2.24, 2.45) is 0 Å². The fourth-order valence-electron chi connectivity index (χ4n) is 0. The third-order valence-corrected chi connectivity index (χ3v) is 0. The average Bonchev–Trinajstić information content (AvgIpc) is 0.918. The van der Waals surface area contributed by atoms with Crippen LogP contribution in [0.2, 0.25) is 0 Å². The first-order valence-electron chi connectivity index (χ1n) is 0.974. The minimum absolute atomic E-state index is 0. The third kappa shape index (κ3) is 12.0. The van der Waals surface area contributed by atoms with Gasteiger partial charge in [0, 0.05) is 22.4 Å². The SMILES string of the molecule is CCBr.[Mn]. The zero-order chi connectivity index (χ0) is 2.71. The Bertz CT molecular complexity index is 6.00. The van der Waals surface area contributed by atoms with Crippen molar-refractivity contribution >= 4 is 15.9 Å². The Kier molecular flexibility index (Phi) is 20.0. The Morgan fingerprint density at radius 2 is 1.75 bits per heavy atom. The molecule has 0 fully saturated rings. The van der Waals surface area contributed by atoms with Gasteiger partial charge in [0.15, 0.2) is 0 Å². The van der Waals surface area contributed by atoms with Crippen LogP contribution in [0.15, 0.2) is 0 Å². The first-order chi connectivity index (χ1) is 1.41. The molecule has 0 bridgehead atoms. The summed E-state index contributed by atoms with van der Waals surface area (Å²) in [5, 5.41) is 1.06. The molecule has 0 rings (SSSR count). The summed E-state index contributed by atoms with van der Waals surface area (Å²) in [5.41, 5.74) is 0. The largest absolute Gasteiger partial charge is 0.0931 e. The van der Waals surface area contributed by atoms with E-state index in [0.717, 1.165) is 5.33 Å². The monoisotopic (exact) mass is 163 g/mol. The van der Waals surface area contributed by atoms with Crippen LogP contribution in [0.4, 0.5) is 0 Å². The molecule has 0 nitrogen and oxygen atoms in total. The van der Waals surface area contributed by atoms with Gasteiger partial charge in [0.05, 0.1) is 0 Å². The van der Waals surface area contributed by atoms with Crippen molar-refractivity contribution in [3.63, 3.8) is 0 Å². The topological polar surface area (TPSA) is 0 Å². The minimum Gasteiger partial charge on any atom is -0.0931 e. The summed E-state index contributed by atoms with van der Waals surface area (Å²) in [7, 11) is 0. The molecule has 0 unspecified atom stereocenters. The van der Waals surface area contributed by atoms with Gasteiger partial charge in [-0.25, -0.2) is 0 Å². The zero-order valence-corrected chi connectivity index (χ0v) is 5.23. The summed E-state index contributed by atoms with van der Waals surface area (Å²) in [5.74, 6) is 0. The molecule has 0 aromatic heterocycles. The number of halogens is 1. The standard InChI is InChI=1S/C2H5Br.Mn/c1-2-3;/h2H2,1H3;. The molecule has 1 radical (unpaired) electrons. The third-order valence-electron chi connectivity index (χ3n) is 0. The first kappa shape index (κ1) is 8.89. The van der Waals surface area contributed by atoms with Crippen molar-refractivity contribution < 1.29 is 17.1 Å². The number of alkyl halides is 1. The van der Waals surface area contributed by atoms with Gasteiger partial charge >= 0.3 is 0 Å². The molecule has 0 aromatic rings. The Balaban J connectivity index is 0. The van der Waals surface area contributed by atoms with Crippen molar-refractivity contribution in [1.29, 1.82) is 0 Å². The normalized spacial score (nSPS) is 4.50. The van der Waals surface area contributed by atoms with Gasteiger partial charge < -0.3 is 0 Å². The van der Waals surface area contributed by atoms with Crippen LogP contribution in [0.3, 0.4) is 0 Å². The molecule has 0 heterocycles. The van der Waals surface area contributed by atoms with Crippen LogP contribution < -0.4 is 0 Å². The van der Waals surface area contributed by atoms with E-state index < -0.39 is 0 Å². The van der Waals surface area contributed by atoms with Gasteiger partial charge in [0.2, 0.25) is 0 Å². The number of rotatable bonds is 0. The van der Waals surface area contributed by atoms with Gasteiger partial charge in [-0.2, -0.15) is 0 Å². The van der Waals surface area contributed by atoms with Gasteiger partial charge in [0.25, 0.3) is 0 Å². The summed E-state index contributed by atoms with van der Waals surface area (Å²) in [4.78, 5) is 0. The molecule has 0 aromatic carbocycles. The summed E-state index contributed by atoms with van der Waals surface area (Å²) in [6, 6.07) is 0. The average molecular weight is 164 g/mol. The predicted octanol–water partition coefficient (Wildman–Crippen LogP) is 1.40. The summed E-state index contributed by atoms with van der Waals surface area (Å²) in [6.45, 7) is 2.04. The molecule has 2 heteroatoms. The van der Waals surface area contributed by atoms with E-state index in [4.69, 9.17) is 0 Å². The molecule has 0 aliphatic carbocycles. The fraction of sp³-hybridized carbons (Fsp3) is 1.00. The van der Waals surface area contributed by atoms with E-state index in [-0.39, 0.29) is 17.1 Å². The van der Waals surface area contributed by atoms with Crippen molar-refractivity contribution in [2.75, 3.05) is 5.33 Å². The summed E-state index contributed by atoms with van der Waals surface area (Å²) in [6.07, 6.45) is 0. The van der Waals surface area contributed by atoms with E-state index in [2.05, 4.69) is 15.9 Å². The quantitative estimate of drug-likeness (QED) is 0.374. The van der Waals surface area contributed by atoms with E-state index in [9.17, 15) is 0 Å². The molecule has 0 saturated carbocycles. The second-order valence-corrected chi connectivity index (χ2v) is 1.39. The van der Waals surface area contributed by atoms with Crippen LogP contribution in [0.25, 0.3) is 0 Å². The molecule has 0 spiro atoms. The summed E-state index contributed by atoms with van der Waals surface area (Å²) >= 11 is 3.15. The van der Waals surface area contributed by atoms with Gasteiger partial charge in [-0.15, -0.1) is 0 Å². The second-order valence-electron chi connectivity index (χ2n) is 0.267. The smallest absolute Gasteiger partial charge is 0.000281 e. The number of hydrogen-bond donors (Lipinski definition) is 0. The van der Waals surface area contributed by atoms with E-state index >= 15 is 0 Å². The Morgan fingerprint density at radius 3 is 1.75 bits per heavy atom. The van der Waals surface area contributed by atoms with Crippen molar-refractivity contribution in [3.05, 3.63) is 0 Å². The minimum atomic E-state index is 0. The van der Waals surface area contributed by atoms with E-state index in [0.29, 0.717) is 0 Å². The van der Waals surface area contributed by atoms with E-state index in [1.807, 2.05) is 6.92 Å². The molecule has 0 N–H and O–H groups in total.